The number of rotatable bonds is 0. The first kappa shape index (κ1) is 8.59. The third-order valence-electron chi connectivity index (χ3n) is 2.11. The summed E-state index contributed by atoms with van der Waals surface area (Å²) < 4.78 is 5.17. The van der Waals surface area contributed by atoms with Crippen LogP contribution in [0.5, 0.6) is 5.88 Å². The standard InChI is InChI=1S/C8H9N5O/c9-2-4-6(11)3-1-5(10)14-8(3)13-7(4)12/h5H,1,10H2,(H4,11,12,13). The quantitative estimate of drug-likeness (QED) is 0.500. The predicted octanol–water partition coefficient (Wildman–Crippen LogP) is -0.663. The van der Waals surface area contributed by atoms with Crippen LogP contribution in [-0.4, -0.2) is 11.2 Å². The lowest BCUT2D eigenvalue weighted by Gasteiger charge is -2.05. The monoisotopic (exact) mass is 191 g/mol. The molecule has 6 heteroatoms. The molecule has 2 rings (SSSR count). The van der Waals surface area contributed by atoms with Gasteiger partial charge in [0.2, 0.25) is 5.88 Å². The Balaban J connectivity index is 2.64. The molecule has 72 valence electrons. The molecular formula is C8H9N5O. The fraction of sp³-hybridized carbons (Fsp3) is 0.250. The van der Waals surface area contributed by atoms with Gasteiger partial charge < -0.3 is 16.2 Å². The maximum Gasteiger partial charge on any atom is 0.222 e. The van der Waals surface area contributed by atoms with Gasteiger partial charge in [-0.2, -0.15) is 10.2 Å². The van der Waals surface area contributed by atoms with Crippen molar-refractivity contribution in [3.05, 3.63) is 11.1 Å². The first-order chi connectivity index (χ1) is 6.63. The van der Waals surface area contributed by atoms with E-state index in [9.17, 15) is 0 Å². The van der Waals surface area contributed by atoms with Crippen LogP contribution in [0.15, 0.2) is 0 Å². The topological polar surface area (TPSA) is 124 Å². The van der Waals surface area contributed by atoms with E-state index in [1.807, 2.05) is 6.07 Å². The van der Waals surface area contributed by atoms with Crippen molar-refractivity contribution in [2.24, 2.45) is 5.73 Å². The maximum absolute atomic E-state index is 8.77. The molecule has 0 amide bonds. The number of nitrogen functional groups attached to an aromatic ring is 2. The lowest BCUT2D eigenvalue weighted by Crippen LogP contribution is -2.24. The van der Waals surface area contributed by atoms with Gasteiger partial charge in [0.05, 0.1) is 5.69 Å². The number of pyridine rings is 1. The summed E-state index contributed by atoms with van der Waals surface area (Å²) in [6.45, 7) is 0. The SMILES string of the molecule is N#Cc1c(N)nc2c(c1N)CC(N)O2. The Morgan fingerprint density at radius 3 is 2.86 bits per heavy atom. The van der Waals surface area contributed by atoms with E-state index in [0.717, 1.165) is 0 Å². The molecule has 6 nitrogen and oxygen atoms in total. The van der Waals surface area contributed by atoms with Gasteiger partial charge in [-0.15, -0.1) is 0 Å². The van der Waals surface area contributed by atoms with Gasteiger partial charge in [0, 0.05) is 12.0 Å². The third-order valence-corrected chi connectivity index (χ3v) is 2.11. The minimum absolute atomic E-state index is 0.0813. The molecule has 0 spiro atoms. The summed E-state index contributed by atoms with van der Waals surface area (Å²) in [5.41, 5.74) is 18.0. The Morgan fingerprint density at radius 1 is 1.50 bits per heavy atom. The second-order valence-corrected chi connectivity index (χ2v) is 3.04. The zero-order valence-corrected chi connectivity index (χ0v) is 7.32. The Bertz CT molecular complexity index is 436. The molecule has 2 heterocycles. The highest BCUT2D eigenvalue weighted by atomic mass is 16.5. The molecule has 0 aliphatic carbocycles. The number of anilines is 2. The second kappa shape index (κ2) is 2.75. The first-order valence-corrected chi connectivity index (χ1v) is 4.03. The van der Waals surface area contributed by atoms with Crippen molar-refractivity contribution in [3.63, 3.8) is 0 Å². The molecule has 0 radical (unpaired) electrons. The first-order valence-electron chi connectivity index (χ1n) is 4.03. The highest BCUT2D eigenvalue weighted by Gasteiger charge is 2.26. The lowest BCUT2D eigenvalue weighted by atomic mass is 10.1. The fourth-order valence-corrected chi connectivity index (χ4v) is 1.44. The zero-order valence-electron chi connectivity index (χ0n) is 7.32. The van der Waals surface area contributed by atoms with Gasteiger partial charge >= 0.3 is 0 Å². The second-order valence-electron chi connectivity index (χ2n) is 3.04. The van der Waals surface area contributed by atoms with Gasteiger partial charge in [-0.25, -0.2) is 0 Å². The highest BCUT2D eigenvalue weighted by molar-refractivity contribution is 5.70. The molecule has 0 aromatic carbocycles. The Labute approximate surface area is 80.3 Å². The van der Waals surface area contributed by atoms with Crippen molar-refractivity contribution in [2.75, 3.05) is 11.5 Å². The van der Waals surface area contributed by atoms with Crippen molar-refractivity contribution < 1.29 is 4.74 Å². The fourth-order valence-electron chi connectivity index (χ4n) is 1.44. The molecule has 1 aromatic rings. The lowest BCUT2D eigenvalue weighted by molar-refractivity contribution is 0.234. The van der Waals surface area contributed by atoms with E-state index in [-0.39, 0.29) is 11.4 Å². The molecule has 6 N–H and O–H groups in total. The van der Waals surface area contributed by atoms with Gasteiger partial charge in [-0.3, -0.25) is 5.73 Å². The van der Waals surface area contributed by atoms with Crippen molar-refractivity contribution in [2.45, 2.75) is 12.6 Å². The van der Waals surface area contributed by atoms with E-state index in [4.69, 9.17) is 27.2 Å². The van der Waals surface area contributed by atoms with E-state index in [1.54, 1.807) is 0 Å². The number of nitriles is 1. The summed E-state index contributed by atoms with van der Waals surface area (Å²) in [6.07, 6.45) is 0.0106. The molecule has 0 bridgehead atoms. The van der Waals surface area contributed by atoms with Crippen molar-refractivity contribution in [1.29, 1.82) is 5.26 Å². The van der Waals surface area contributed by atoms with Crippen molar-refractivity contribution in [1.82, 2.24) is 4.98 Å². The predicted molar refractivity (Wildman–Crippen MR) is 50.1 cm³/mol. The number of aromatic nitrogens is 1. The minimum Gasteiger partial charge on any atom is -0.458 e. The Hall–Kier alpha value is -2.00. The zero-order chi connectivity index (χ0) is 10.3. The van der Waals surface area contributed by atoms with E-state index < -0.39 is 6.23 Å². The smallest absolute Gasteiger partial charge is 0.222 e. The van der Waals surface area contributed by atoms with Crippen LogP contribution in [0.4, 0.5) is 11.5 Å². The Morgan fingerprint density at radius 2 is 2.21 bits per heavy atom. The minimum atomic E-state index is -0.451. The molecular weight excluding hydrogens is 182 g/mol. The van der Waals surface area contributed by atoms with Crippen LogP contribution in [0.3, 0.4) is 0 Å². The van der Waals surface area contributed by atoms with Crippen molar-refractivity contribution in [3.8, 4) is 11.9 Å². The van der Waals surface area contributed by atoms with Gasteiger partial charge in [0.1, 0.15) is 17.5 Å². The number of ether oxygens (including phenoxy) is 1. The number of hydrogen-bond donors (Lipinski definition) is 3. The molecule has 1 aliphatic rings. The van der Waals surface area contributed by atoms with Gasteiger partial charge in [-0.05, 0) is 0 Å². The van der Waals surface area contributed by atoms with E-state index in [0.29, 0.717) is 23.6 Å². The normalized spacial score (nSPS) is 18.4. The van der Waals surface area contributed by atoms with Crippen LogP contribution < -0.4 is 21.9 Å². The van der Waals surface area contributed by atoms with Crippen LogP contribution in [0.2, 0.25) is 0 Å². The van der Waals surface area contributed by atoms with Crippen LogP contribution in [0.25, 0.3) is 0 Å². The number of nitrogens with zero attached hydrogens (tertiary/aromatic N) is 2. The summed E-state index contributed by atoms with van der Waals surface area (Å²) in [4.78, 5) is 3.91. The molecule has 1 unspecified atom stereocenters. The van der Waals surface area contributed by atoms with E-state index in [1.165, 1.54) is 0 Å². The van der Waals surface area contributed by atoms with Crippen LogP contribution in [-0.2, 0) is 6.42 Å². The van der Waals surface area contributed by atoms with Gasteiger partial charge in [0.25, 0.3) is 0 Å². The van der Waals surface area contributed by atoms with Crippen LogP contribution in [0, 0.1) is 11.3 Å². The highest BCUT2D eigenvalue weighted by Crippen LogP contribution is 2.34. The third kappa shape index (κ3) is 1.03. The molecule has 14 heavy (non-hydrogen) atoms. The van der Waals surface area contributed by atoms with Gasteiger partial charge in [0.15, 0.2) is 6.23 Å². The number of nitrogens with two attached hydrogens (primary N) is 3. The molecule has 1 aromatic heterocycles. The van der Waals surface area contributed by atoms with Crippen molar-refractivity contribution >= 4 is 11.5 Å². The van der Waals surface area contributed by atoms with Crippen LogP contribution in [0.1, 0.15) is 11.1 Å². The van der Waals surface area contributed by atoms with E-state index >= 15 is 0 Å². The number of hydrogen-bond acceptors (Lipinski definition) is 6. The summed E-state index contributed by atoms with van der Waals surface area (Å²) in [6, 6.07) is 1.90. The summed E-state index contributed by atoms with van der Waals surface area (Å²) in [5.74, 6) is 0.421. The average molecular weight is 191 g/mol. The van der Waals surface area contributed by atoms with Gasteiger partial charge in [-0.1, -0.05) is 0 Å². The van der Waals surface area contributed by atoms with Crippen LogP contribution >= 0.6 is 0 Å². The summed E-state index contributed by atoms with van der Waals surface area (Å²) in [5, 5.41) is 8.77. The largest absolute Gasteiger partial charge is 0.458 e. The molecule has 1 aliphatic heterocycles. The summed E-state index contributed by atoms with van der Waals surface area (Å²) >= 11 is 0. The number of fused-ring (bicyclic) bond motifs is 1. The molecule has 0 saturated carbocycles. The average Bonchev–Trinajstić information content (AvgIpc) is 2.47. The summed E-state index contributed by atoms with van der Waals surface area (Å²) in [7, 11) is 0. The van der Waals surface area contributed by atoms with E-state index in [2.05, 4.69) is 4.98 Å². The maximum atomic E-state index is 8.77. The molecule has 0 fully saturated rings. The molecule has 1 atom stereocenters. The molecule has 0 saturated heterocycles. The Kier molecular flexibility index (Phi) is 1.69.